The van der Waals surface area contributed by atoms with Crippen LogP contribution in [0.4, 0.5) is 0 Å². The quantitative estimate of drug-likeness (QED) is 0.666. The van der Waals surface area contributed by atoms with Crippen LogP contribution < -0.4 is 10.3 Å². The van der Waals surface area contributed by atoms with E-state index in [0.29, 0.717) is 24.3 Å². The van der Waals surface area contributed by atoms with Crippen molar-refractivity contribution in [2.75, 3.05) is 20.3 Å². The molecule has 0 aliphatic carbocycles. The molecular formula is C23H27N3O3. The Bertz CT molecular complexity index is 1040. The van der Waals surface area contributed by atoms with Crippen LogP contribution in [0, 0.1) is 6.92 Å². The molecule has 1 atom stereocenters. The highest BCUT2D eigenvalue weighted by atomic mass is 16.5. The monoisotopic (exact) mass is 393 g/mol. The SMILES string of the molecule is COc1ccc(C)cc1CN(Cc1nc2ccccc2c(=O)[nH]1)C[C@@H]1CCCO1. The lowest BCUT2D eigenvalue weighted by Gasteiger charge is -2.25. The number of nitrogens with one attached hydrogen (secondary N) is 1. The van der Waals surface area contributed by atoms with Crippen LogP contribution in [0.25, 0.3) is 10.9 Å². The Morgan fingerprint density at radius 2 is 2.10 bits per heavy atom. The molecule has 29 heavy (non-hydrogen) atoms. The molecule has 1 N–H and O–H groups in total. The van der Waals surface area contributed by atoms with Gasteiger partial charge in [0.25, 0.3) is 5.56 Å². The van der Waals surface area contributed by atoms with Gasteiger partial charge < -0.3 is 14.5 Å². The van der Waals surface area contributed by atoms with E-state index >= 15 is 0 Å². The topological polar surface area (TPSA) is 67.5 Å². The molecule has 6 heteroatoms. The minimum Gasteiger partial charge on any atom is -0.496 e. The molecule has 0 amide bonds. The van der Waals surface area contributed by atoms with Crippen LogP contribution in [0.1, 0.15) is 29.8 Å². The third-order valence-corrected chi connectivity index (χ3v) is 5.35. The van der Waals surface area contributed by atoms with E-state index in [-0.39, 0.29) is 11.7 Å². The molecule has 6 nitrogen and oxygen atoms in total. The van der Waals surface area contributed by atoms with E-state index < -0.39 is 0 Å². The van der Waals surface area contributed by atoms with Crippen molar-refractivity contribution in [2.24, 2.45) is 0 Å². The van der Waals surface area contributed by atoms with Gasteiger partial charge in [-0.25, -0.2) is 4.98 Å². The van der Waals surface area contributed by atoms with Crippen molar-refractivity contribution in [1.29, 1.82) is 0 Å². The number of fused-ring (bicyclic) bond motifs is 1. The second-order valence-corrected chi connectivity index (χ2v) is 7.65. The minimum absolute atomic E-state index is 0.101. The average Bonchev–Trinajstić information content (AvgIpc) is 3.21. The summed E-state index contributed by atoms with van der Waals surface area (Å²) in [6.07, 6.45) is 2.36. The Labute approximate surface area is 170 Å². The first-order valence-electron chi connectivity index (χ1n) is 10.1. The van der Waals surface area contributed by atoms with Gasteiger partial charge in [0, 0.05) is 25.3 Å². The molecule has 1 saturated heterocycles. The highest BCUT2D eigenvalue weighted by Crippen LogP contribution is 2.23. The van der Waals surface area contributed by atoms with Gasteiger partial charge >= 0.3 is 0 Å². The third kappa shape index (κ3) is 4.66. The van der Waals surface area contributed by atoms with Crippen molar-refractivity contribution < 1.29 is 9.47 Å². The van der Waals surface area contributed by atoms with E-state index in [1.165, 1.54) is 5.56 Å². The zero-order valence-corrected chi connectivity index (χ0v) is 17.0. The zero-order chi connectivity index (χ0) is 20.2. The highest BCUT2D eigenvalue weighted by molar-refractivity contribution is 5.77. The Hall–Kier alpha value is -2.70. The third-order valence-electron chi connectivity index (χ3n) is 5.35. The van der Waals surface area contributed by atoms with Crippen LogP contribution >= 0.6 is 0 Å². The van der Waals surface area contributed by atoms with Gasteiger partial charge in [-0.3, -0.25) is 9.69 Å². The number of rotatable bonds is 7. The summed E-state index contributed by atoms with van der Waals surface area (Å²) >= 11 is 0. The molecule has 1 aromatic heterocycles. The zero-order valence-electron chi connectivity index (χ0n) is 17.0. The van der Waals surface area contributed by atoms with Gasteiger partial charge in [0.2, 0.25) is 0 Å². The normalized spacial score (nSPS) is 16.6. The van der Waals surface area contributed by atoms with Crippen molar-refractivity contribution in [1.82, 2.24) is 14.9 Å². The van der Waals surface area contributed by atoms with E-state index in [0.717, 1.165) is 42.8 Å². The Kier molecular flexibility index (Phi) is 5.92. The molecule has 1 fully saturated rings. The van der Waals surface area contributed by atoms with Crippen molar-refractivity contribution in [3.8, 4) is 5.75 Å². The molecule has 1 aliphatic heterocycles. The number of ether oxygens (including phenoxy) is 2. The fraction of sp³-hybridized carbons (Fsp3) is 0.391. The van der Waals surface area contributed by atoms with Gasteiger partial charge in [-0.2, -0.15) is 0 Å². The number of benzene rings is 2. The molecule has 152 valence electrons. The van der Waals surface area contributed by atoms with E-state index in [1.807, 2.05) is 24.3 Å². The van der Waals surface area contributed by atoms with Gasteiger partial charge in [-0.15, -0.1) is 0 Å². The maximum absolute atomic E-state index is 12.5. The predicted molar refractivity (Wildman–Crippen MR) is 113 cm³/mol. The summed E-state index contributed by atoms with van der Waals surface area (Å²) in [5.74, 6) is 1.53. The van der Waals surface area contributed by atoms with Crippen LogP contribution in [0.5, 0.6) is 5.75 Å². The first-order valence-corrected chi connectivity index (χ1v) is 10.1. The summed E-state index contributed by atoms with van der Waals surface area (Å²) in [6, 6.07) is 13.6. The van der Waals surface area contributed by atoms with Crippen LogP contribution in [0.2, 0.25) is 0 Å². The van der Waals surface area contributed by atoms with Crippen LogP contribution in [0.3, 0.4) is 0 Å². The molecular weight excluding hydrogens is 366 g/mol. The first-order chi connectivity index (χ1) is 14.1. The molecule has 0 radical (unpaired) electrons. The summed E-state index contributed by atoms with van der Waals surface area (Å²) in [6.45, 7) is 4.92. The van der Waals surface area contributed by atoms with Crippen molar-refractivity contribution in [3.63, 3.8) is 0 Å². The number of hydrogen-bond acceptors (Lipinski definition) is 5. The van der Waals surface area contributed by atoms with Crippen LogP contribution in [0.15, 0.2) is 47.3 Å². The van der Waals surface area contributed by atoms with E-state index in [4.69, 9.17) is 9.47 Å². The van der Waals surface area contributed by atoms with Gasteiger partial charge in [0.15, 0.2) is 0 Å². The standard InChI is InChI=1S/C23H27N3O3/c1-16-9-10-21(28-2)17(12-16)13-26(14-18-6-5-11-29-18)15-22-24-20-8-4-3-7-19(20)23(27)25-22/h3-4,7-10,12,18H,5-6,11,13-15H2,1-2H3,(H,24,25,27)/t18-/m0/s1. The Balaban J connectivity index is 1.62. The lowest BCUT2D eigenvalue weighted by atomic mass is 10.1. The number of H-pyrrole nitrogens is 1. The molecule has 0 saturated carbocycles. The highest BCUT2D eigenvalue weighted by Gasteiger charge is 2.21. The van der Waals surface area contributed by atoms with Crippen molar-refractivity contribution in [3.05, 3.63) is 69.8 Å². The van der Waals surface area contributed by atoms with Gasteiger partial charge in [-0.1, -0.05) is 29.8 Å². The number of aromatic nitrogens is 2. The van der Waals surface area contributed by atoms with Crippen LogP contribution in [-0.4, -0.2) is 41.2 Å². The second kappa shape index (κ2) is 8.76. The molecule has 0 bridgehead atoms. The van der Waals surface area contributed by atoms with Gasteiger partial charge in [0.05, 0.1) is 30.7 Å². The van der Waals surface area contributed by atoms with E-state index in [2.05, 4.69) is 33.9 Å². The molecule has 3 aromatic rings. The summed E-state index contributed by atoms with van der Waals surface area (Å²) in [5.41, 5.74) is 2.93. The fourth-order valence-electron chi connectivity index (χ4n) is 3.95. The average molecular weight is 393 g/mol. The molecule has 2 aromatic carbocycles. The van der Waals surface area contributed by atoms with E-state index in [1.54, 1.807) is 13.2 Å². The molecule has 2 heterocycles. The first kappa shape index (κ1) is 19.6. The number of methoxy groups -OCH3 is 1. The largest absolute Gasteiger partial charge is 0.496 e. The molecule has 4 rings (SSSR count). The summed E-state index contributed by atoms with van der Waals surface area (Å²) in [5, 5.41) is 0.613. The molecule has 1 aliphatic rings. The Morgan fingerprint density at radius 3 is 2.90 bits per heavy atom. The molecule has 0 spiro atoms. The number of aromatic amines is 1. The number of aryl methyl sites for hydroxylation is 1. The summed E-state index contributed by atoms with van der Waals surface area (Å²) in [4.78, 5) is 22.4. The predicted octanol–water partition coefficient (Wildman–Crippen LogP) is 3.42. The maximum atomic E-state index is 12.5. The van der Waals surface area contributed by atoms with Crippen molar-refractivity contribution in [2.45, 2.75) is 39.0 Å². The smallest absolute Gasteiger partial charge is 0.258 e. The number of hydrogen-bond donors (Lipinski definition) is 1. The van der Waals surface area contributed by atoms with E-state index in [9.17, 15) is 4.79 Å². The fourth-order valence-corrected chi connectivity index (χ4v) is 3.95. The summed E-state index contributed by atoms with van der Waals surface area (Å²) in [7, 11) is 1.70. The van der Waals surface area contributed by atoms with Crippen molar-refractivity contribution >= 4 is 10.9 Å². The van der Waals surface area contributed by atoms with Gasteiger partial charge in [-0.05, 0) is 38.0 Å². The second-order valence-electron chi connectivity index (χ2n) is 7.65. The minimum atomic E-state index is -0.101. The summed E-state index contributed by atoms with van der Waals surface area (Å²) < 4.78 is 11.4. The van der Waals surface area contributed by atoms with Gasteiger partial charge in [0.1, 0.15) is 11.6 Å². The number of nitrogens with zero attached hydrogens (tertiary/aromatic N) is 2. The lowest BCUT2D eigenvalue weighted by molar-refractivity contribution is 0.0667. The van der Waals surface area contributed by atoms with Crippen LogP contribution in [-0.2, 0) is 17.8 Å². The number of para-hydroxylation sites is 1. The molecule has 0 unspecified atom stereocenters. The lowest BCUT2D eigenvalue weighted by Crippen LogP contribution is -2.33. The Morgan fingerprint density at radius 1 is 1.24 bits per heavy atom. The maximum Gasteiger partial charge on any atom is 0.258 e.